The van der Waals surface area contributed by atoms with Crippen molar-refractivity contribution in [1.29, 1.82) is 0 Å². The summed E-state index contributed by atoms with van der Waals surface area (Å²) in [4.78, 5) is 25.7. The van der Waals surface area contributed by atoms with Crippen molar-refractivity contribution in [1.82, 2.24) is 15.0 Å². The van der Waals surface area contributed by atoms with Gasteiger partial charge in [0.15, 0.2) is 5.69 Å². The lowest BCUT2D eigenvalue weighted by Gasteiger charge is -2.08. The van der Waals surface area contributed by atoms with E-state index in [4.69, 9.17) is 5.73 Å². The largest absolute Gasteiger partial charge is 0.397 e. The quantitative estimate of drug-likeness (QED) is 0.400. The number of aromatic nitrogens is 3. The molecule has 2 heterocycles. The fourth-order valence-corrected chi connectivity index (χ4v) is 3.53. The van der Waals surface area contributed by atoms with Crippen LogP contribution in [-0.4, -0.2) is 26.8 Å². The molecular formula is C21H17FN6O2S. The van der Waals surface area contributed by atoms with Gasteiger partial charge in [-0.05, 0) is 53.4 Å². The molecule has 0 aliphatic carbocycles. The van der Waals surface area contributed by atoms with Crippen LogP contribution in [0.15, 0.2) is 66.2 Å². The zero-order chi connectivity index (χ0) is 21.8. The minimum Gasteiger partial charge on any atom is -0.397 e. The number of benzene rings is 2. The number of carbonyl (C=O) groups excluding carboxylic acids is 2. The molecule has 2 amide bonds. The number of amides is 2. The molecule has 0 unspecified atom stereocenters. The summed E-state index contributed by atoms with van der Waals surface area (Å²) in [6, 6.07) is 14.7. The van der Waals surface area contributed by atoms with Gasteiger partial charge in [0.25, 0.3) is 5.91 Å². The summed E-state index contributed by atoms with van der Waals surface area (Å²) >= 11 is 1.58. The Morgan fingerprint density at radius 3 is 2.65 bits per heavy atom. The molecule has 2 aromatic heterocycles. The predicted octanol–water partition coefficient (Wildman–Crippen LogP) is 3.62. The molecule has 0 saturated heterocycles. The van der Waals surface area contributed by atoms with Crippen LogP contribution >= 0.6 is 11.3 Å². The number of rotatable bonds is 6. The third-order valence-corrected chi connectivity index (χ3v) is 5.23. The van der Waals surface area contributed by atoms with Gasteiger partial charge in [0.2, 0.25) is 5.91 Å². The SMILES string of the molecule is Nc1ccc(-c2cccs2)cc1NC(=O)c1cn(CC(=O)Nc2ccc(F)cc2)nn1. The second-order valence-electron chi connectivity index (χ2n) is 6.59. The van der Waals surface area contributed by atoms with Gasteiger partial charge in [-0.1, -0.05) is 17.3 Å². The van der Waals surface area contributed by atoms with Gasteiger partial charge in [-0.25, -0.2) is 9.07 Å². The predicted molar refractivity (Wildman–Crippen MR) is 117 cm³/mol. The number of hydrogen-bond donors (Lipinski definition) is 3. The first kappa shape index (κ1) is 20.2. The summed E-state index contributed by atoms with van der Waals surface area (Å²) in [7, 11) is 0. The Hall–Kier alpha value is -4.05. The molecule has 0 fully saturated rings. The average Bonchev–Trinajstić information content (AvgIpc) is 3.44. The number of nitrogens with zero attached hydrogens (tertiary/aromatic N) is 3. The number of nitrogens with one attached hydrogen (secondary N) is 2. The molecule has 0 atom stereocenters. The van der Waals surface area contributed by atoms with Gasteiger partial charge in [0.1, 0.15) is 12.4 Å². The highest BCUT2D eigenvalue weighted by atomic mass is 32.1. The second kappa shape index (κ2) is 8.76. The standard InChI is InChI=1S/C21H17FN6O2S/c22-14-4-6-15(7-5-14)24-20(29)12-28-11-18(26-27-28)21(30)25-17-10-13(3-8-16(17)23)19-2-1-9-31-19/h1-11H,12,23H2,(H,24,29)(H,25,30). The number of nitrogens with two attached hydrogens (primary N) is 1. The van der Waals surface area contributed by atoms with Crippen LogP contribution in [0.5, 0.6) is 0 Å². The number of hydrogen-bond acceptors (Lipinski definition) is 6. The van der Waals surface area contributed by atoms with Crippen molar-refractivity contribution in [3.8, 4) is 10.4 Å². The first-order chi connectivity index (χ1) is 15.0. The molecule has 0 saturated carbocycles. The van der Waals surface area contributed by atoms with E-state index in [1.54, 1.807) is 23.5 Å². The average molecular weight is 436 g/mol. The first-order valence-corrected chi connectivity index (χ1v) is 10.1. The van der Waals surface area contributed by atoms with Crippen molar-refractivity contribution in [3.63, 3.8) is 0 Å². The van der Waals surface area contributed by atoms with E-state index in [1.165, 1.54) is 35.1 Å². The van der Waals surface area contributed by atoms with Gasteiger partial charge < -0.3 is 16.4 Å². The summed E-state index contributed by atoms with van der Waals surface area (Å²) in [5.41, 5.74) is 8.29. The molecule has 0 bridgehead atoms. The third kappa shape index (κ3) is 4.93. The van der Waals surface area contributed by atoms with Gasteiger partial charge in [-0.3, -0.25) is 9.59 Å². The van der Waals surface area contributed by atoms with E-state index in [-0.39, 0.29) is 12.2 Å². The van der Waals surface area contributed by atoms with Crippen molar-refractivity contribution in [3.05, 3.63) is 77.7 Å². The summed E-state index contributed by atoms with van der Waals surface area (Å²) in [5, 5.41) is 14.9. The fourth-order valence-electron chi connectivity index (χ4n) is 2.81. The number of nitrogen functional groups attached to an aromatic ring is 1. The third-order valence-electron chi connectivity index (χ3n) is 4.31. The van der Waals surface area contributed by atoms with Gasteiger partial charge in [-0.2, -0.15) is 0 Å². The molecule has 4 N–H and O–H groups in total. The van der Waals surface area contributed by atoms with Crippen molar-refractivity contribution < 1.29 is 14.0 Å². The Balaban J connectivity index is 1.41. The lowest BCUT2D eigenvalue weighted by atomic mass is 10.1. The molecule has 2 aromatic carbocycles. The molecule has 31 heavy (non-hydrogen) atoms. The molecule has 0 radical (unpaired) electrons. The van der Waals surface area contributed by atoms with Crippen LogP contribution in [0.25, 0.3) is 10.4 Å². The minimum atomic E-state index is -0.500. The number of thiophene rings is 1. The van der Waals surface area contributed by atoms with Gasteiger partial charge in [0.05, 0.1) is 17.6 Å². The summed E-state index contributed by atoms with van der Waals surface area (Å²) in [6.45, 7) is -0.159. The zero-order valence-corrected chi connectivity index (χ0v) is 16.9. The molecule has 0 aliphatic rings. The van der Waals surface area contributed by atoms with Crippen molar-refractivity contribution >= 4 is 40.2 Å². The summed E-state index contributed by atoms with van der Waals surface area (Å²) < 4.78 is 14.2. The Morgan fingerprint density at radius 2 is 1.90 bits per heavy atom. The van der Waals surface area contributed by atoms with E-state index >= 15 is 0 Å². The molecule has 156 valence electrons. The van der Waals surface area contributed by atoms with E-state index in [0.29, 0.717) is 17.1 Å². The smallest absolute Gasteiger partial charge is 0.277 e. The first-order valence-electron chi connectivity index (χ1n) is 9.18. The fraction of sp³-hybridized carbons (Fsp3) is 0.0476. The van der Waals surface area contributed by atoms with Crippen molar-refractivity contribution in [2.45, 2.75) is 6.54 Å². The Labute approximate surface area is 180 Å². The van der Waals surface area contributed by atoms with Crippen LogP contribution in [0.1, 0.15) is 10.5 Å². The number of halogens is 1. The zero-order valence-electron chi connectivity index (χ0n) is 16.1. The minimum absolute atomic E-state index is 0.0375. The second-order valence-corrected chi connectivity index (χ2v) is 7.54. The van der Waals surface area contributed by atoms with Crippen LogP contribution < -0.4 is 16.4 Å². The lowest BCUT2D eigenvalue weighted by Crippen LogP contribution is -2.19. The monoisotopic (exact) mass is 436 g/mol. The van der Waals surface area contributed by atoms with Crippen LogP contribution in [0.3, 0.4) is 0 Å². The maximum Gasteiger partial charge on any atom is 0.277 e. The molecule has 4 rings (SSSR count). The maximum absolute atomic E-state index is 12.9. The number of anilines is 3. The highest BCUT2D eigenvalue weighted by Gasteiger charge is 2.15. The Kier molecular flexibility index (Phi) is 5.72. The number of carbonyl (C=O) groups is 2. The maximum atomic E-state index is 12.9. The van der Waals surface area contributed by atoms with Crippen molar-refractivity contribution in [2.75, 3.05) is 16.4 Å². The van der Waals surface area contributed by atoms with E-state index in [1.807, 2.05) is 23.6 Å². The summed E-state index contributed by atoms with van der Waals surface area (Å²) in [6.07, 6.45) is 1.36. The van der Waals surface area contributed by atoms with Crippen LogP contribution in [0.4, 0.5) is 21.5 Å². The highest BCUT2D eigenvalue weighted by molar-refractivity contribution is 7.13. The molecule has 0 aliphatic heterocycles. The van der Waals surface area contributed by atoms with Gasteiger partial charge in [-0.15, -0.1) is 16.4 Å². The molecular weight excluding hydrogens is 419 g/mol. The Morgan fingerprint density at radius 1 is 1.10 bits per heavy atom. The molecule has 8 nitrogen and oxygen atoms in total. The Bertz CT molecular complexity index is 1220. The molecule has 4 aromatic rings. The normalized spacial score (nSPS) is 10.6. The van der Waals surface area contributed by atoms with Crippen LogP contribution in [-0.2, 0) is 11.3 Å². The van der Waals surface area contributed by atoms with Crippen molar-refractivity contribution in [2.24, 2.45) is 0 Å². The molecule has 0 spiro atoms. The summed E-state index contributed by atoms with van der Waals surface area (Å²) in [5.74, 6) is -1.29. The van der Waals surface area contributed by atoms with E-state index in [9.17, 15) is 14.0 Å². The van der Waals surface area contributed by atoms with Gasteiger partial charge >= 0.3 is 0 Å². The molecule has 10 heteroatoms. The highest BCUT2D eigenvalue weighted by Crippen LogP contribution is 2.30. The van der Waals surface area contributed by atoms with Crippen LogP contribution in [0, 0.1) is 5.82 Å². The van der Waals surface area contributed by atoms with E-state index in [0.717, 1.165) is 10.4 Å². The lowest BCUT2D eigenvalue weighted by molar-refractivity contribution is -0.116. The van der Waals surface area contributed by atoms with Crippen LogP contribution in [0.2, 0.25) is 0 Å². The topological polar surface area (TPSA) is 115 Å². The van der Waals surface area contributed by atoms with E-state index in [2.05, 4.69) is 20.9 Å². The van der Waals surface area contributed by atoms with E-state index < -0.39 is 17.6 Å². The van der Waals surface area contributed by atoms with Gasteiger partial charge in [0, 0.05) is 10.6 Å².